The lowest BCUT2D eigenvalue weighted by atomic mass is 9.76. The Balaban J connectivity index is 2.49. The highest BCUT2D eigenvalue weighted by Gasteiger charge is 2.33. The van der Waals surface area contributed by atoms with E-state index in [2.05, 4.69) is 31.6 Å². The molecule has 0 N–H and O–H groups in total. The fourth-order valence-electron chi connectivity index (χ4n) is 1.99. The lowest BCUT2D eigenvalue weighted by molar-refractivity contribution is -0.134. The normalized spacial score (nSPS) is 24.3. The predicted octanol–water partition coefficient (Wildman–Crippen LogP) is 3.10. The van der Waals surface area contributed by atoms with Gasteiger partial charge in [0.15, 0.2) is 0 Å². The second-order valence-corrected chi connectivity index (χ2v) is 4.70. The molecule has 1 atom stereocenters. The van der Waals surface area contributed by atoms with Crippen LogP contribution in [0.5, 0.6) is 0 Å². The number of rotatable bonds is 3. The largest absolute Gasteiger partial charge is 0.466 e. The molecule has 2 nitrogen and oxygen atoms in total. The van der Waals surface area contributed by atoms with Crippen LogP contribution in [0.3, 0.4) is 0 Å². The van der Waals surface area contributed by atoms with Crippen LogP contribution in [0.1, 0.15) is 33.6 Å². The first-order valence-electron chi connectivity index (χ1n) is 5.40. The number of allylic oxidation sites excluding steroid dienone is 3. The first kappa shape index (κ1) is 12.0. The molecule has 0 aromatic rings. The van der Waals surface area contributed by atoms with Crippen molar-refractivity contribution in [1.29, 1.82) is 0 Å². The van der Waals surface area contributed by atoms with Crippen molar-refractivity contribution in [2.45, 2.75) is 33.6 Å². The Bertz CT molecular complexity index is 298. The molecule has 1 rings (SSSR count). The van der Waals surface area contributed by atoms with Gasteiger partial charge in [-0.3, -0.25) is 0 Å². The van der Waals surface area contributed by atoms with Gasteiger partial charge in [-0.05, 0) is 31.1 Å². The summed E-state index contributed by atoms with van der Waals surface area (Å²) in [6.45, 7) is 6.72. The smallest absolute Gasteiger partial charge is 0.330 e. The van der Waals surface area contributed by atoms with E-state index in [9.17, 15) is 4.79 Å². The van der Waals surface area contributed by atoms with Crippen molar-refractivity contribution >= 4 is 5.97 Å². The monoisotopic (exact) mass is 208 g/mol. The summed E-state index contributed by atoms with van der Waals surface area (Å²) >= 11 is 0. The molecule has 0 amide bonds. The Morgan fingerprint density at radius 2 is 2.33 bits per heavy atom. The summed E-state index contributed by atoms with van der Waals surface area (Å²) in [6, 6.07) is 0. The zero-order valence-corrected chi connectivity index (χ0v) is 10.0. The van der Waals surface area contributed by atoms with Crippen molar-refractivity contribution in [2.75, 3.05) is 7.11 Å². The molecule has 1 aliphatic rings. The van der Waals surface area contributed by atoms with Crippen LogP contribution >= 0.6 is 0 Å². The Kier molecular flexibility index (Phi) is 3.72. The van der Waals surface area contributed by atoms with Crippen molar-refractivity contribution in [3.63, 3.8) is 0 Å². The second kappa shape index (κ2) is 4.65. The van der Waals surface area contributed by atoms with Crippen molar-refractivity contribution in [2.24, 2.45) is 11.3 Å². The van der Waals surface area contributed by atoms with Gasteiger partial charge in [0, 0.05) is 6.08 Å². The number of hydrogen-bond acceptors (Lipinski definition) is 2. The summed E-state index contributed by atoms with van der Waals surface area (Å²) in [5.74, 6) is 0.342. The van der Waals surface area contributed by atoms with E-state index in [1.807, 2.05) is 6.08 Å². The molecule has 0 aromatic heterocycles. The van der Waals surface area contributed by atoms with Crippen LogP contribution < -0.4 is 0 Å². The van der Waals surface area contributed by atoms with E-state index in [1.54, 1.807) is 0 Å². The van der Waals surface area contributed by atoms with Crippen LogP contribution in [-0.2, 0) is 9.53 Å². The van der Waals surface area contributed by atoms with Crippen molar-refractivity contribution in [3.05, 3.63) is 23.8 Å². The average molecular weight is 208 g/mol. The average Bonchev–Trinajstić information content (AvgIpc) is 2.44. The maximum Gasteiger partial charge on any atom is 0.330 e. The van der Waals surface area contributed by atoms with Gasteiger partial charge in [-0.15, -0.1) is 0 Å². The van der Waals surface area contributed by atoms with Crippen LogP contribution in [-0.4, -0.2) is 13.1 Å². The first-order chi connectivity index (χ1) is 6.98. The van der Waals surface area contributed by atoms with E-state index < -0.39 is 0 Å². The maximum atomic E-state index is 10.9. The number of hydrogen-bond donors (Lipinski definition) is 0. The molecule has 0 aliphatic heterocycles. The topological polar surface area (TPSA) is 26.3 Å². The van der Waals surface area contributed by atoms with Gasteiger partial charge in [0.25, 0.3) is 0 Å². The molecule has 0 radical (unpaired) electrons. The number of ether oxygens (including phenoxy) is 1. The van der Waals surface area contributed by atoms with Crippen LogP contribution in [0.4, 0.5) is 0 Å². The summed E-state index contributed by atoms with van der Waals surface area (Å²) in [7, 11) is 1.40. The highest BCUT2D eigenvalue weighted by Crippen LogP contribution is 2.44. The van der Waals surface area contributed by atoms with Gasteiger partial charge in [0.05, 0.1) is 7.11 Å². The third-order valence-electron chi connectivity index (χ3n) is 3.62. The fourth-order valence-corrected chi connectivity index (χ4v) is 1.99. The quantitative estimate of drug-likeness (QED) is 0.405. The summed E-state index contributed by atoms with van der Waals surface area (Å²) < 4.78 is 4.55. The van der Waals surface area contributed by atoms with E-state index in [-0.39, 0.29) is 11.4 Å². The molecule has 0 bridgehead atoms. The van der Waals surface area contributed by atoms with Crippen LogP contribution in [0.25, 0.3) is 0 Å². The summed E-state index contributed by atoms with van der Waals surface area (Å²) in [4.78, 5) is 10.9. The molecule has 2 heteroatoms. The van der Waals surface area contributed by atoms with Gasteiger partial charge < -0.3 is 4.74 Å². The predicted molar refractivity (Wildman–Crippen MR) is 61.4 cm³/mol. The molecule has 0 aromatic carbocycles. The summed E-state index contributed by atoms with van der Waals surface area (Å²) in [5, 5.41) is 0. The SMILES string of the molecule is COC(=O)/C=C/C[C@H]1CC=C(C)C1(C)C. The third kappa shape index (κ3) is 2.71. The van der Waals surface area contributed by atoms with Gasteiger partial charge in [0.1, 0.15) is 0 Å². The lowest BCUT2D eigenvalue weighted by Crippen LogP contribution is -2.19. The number of carbonyl (C=O) groups excluding carboxylic acids is 1. The van der Waals surface area contributed by atoms with E-state index >= 15 is 0 Å². The molecular weight excluding hydrogens is 188 g/mol. The minimum absolute atomic E-state index is 0.264. The molecule has 84 valence electrons. The van der Waals surface area contributed by atoms with Gasteiger partial charge in [-0.1, -0.05) is 31.6 Å². The standard InChI is InChI=1S/C13H20O2/c1-10-8-9-11(13(10,2)3)6-5-7-12(14)15-4/h5,7-8,11H,6,9H2,1-4H3/b7-5+/t11-/m0/s1. The van der Waals surface area contributed by atoms with Crippen LogP contribution in [0, 0.1) is 11.3 Å². The molecule has 0 saturated heterocycles. The number of esters is 1. The lowest BCUT2D eigenvalue weighted by Gasteiger charge is -2.28. The van der Waals surface area contributed by atoms with Crippen LogP contribution in [0.2, 0.25) is 0 Å². The zero-order valence-electron chi connectivity index (χ0n) is 10.0. The molecular formula is C13H20O2. The van der Waals surface area contributed by atoms with E-state index in [0.717, 1.165) is 12.8 Å². The Morgan fingerprint density at radius 3 is 2.80 bits per heavy atom. The highest BCUT2D eigenvalue weighted by atomic mass is 16.5. The van der Waals surface area contributed by atoms with Crippen molar-refractivity contribution in [3.8, 4) is 0 Å². The summed E-state index contributed by atoms with van der Waals surface area (Å²) in [6.07, 6.45) is 7.80. The Hall–Kier alpha value is -1.05. The Labute approximate surface area is 92.0 Å². The van der Waals surface area contributed by atoms with E-state index in [0.29, 0.717) is 5.92 Å². The molecule has 1 aliphatic carbocycles. The molecule has 0 saturated carbocycles. The van der Waals surface area contributed by atoms with Gasteiger partial charge >= 0.3 is 5.97 Å². The van der Waals surface area contributed by atoms with Crippen molar-refractivity contribution < 1.29 is 9.53 Å². The van der Waals surface area contributed by atoms with Crippen molar-refractivity contribution in [1.82, 2.24) is 0 Å². The van der Waals surface area contributed by atoms with Gasteiger partial charge in [-0.2, -0.15) is 0 Å². The second-order valence-electron chi connectivity index (χ2n) is 4.70. The molecule has 0 unspecified atom stereocenters. The van der Waals surface area contributed by atoms with E-state index in [1.165, 1.54) is 18.8 Å². The maximum absolute atomic E-state index is 10.9. The molecule has 0 heterocycles. The van der Waals surface area contributed by atoms with Gasteiger partial charge in [0.2, 0.25) is 0 Å². The molecule has 0 spiro atoms. The van der Waals surface area contributed by atoms with E-state index in [4.69, 9.17) is 0 Å². The first-order valence-corrected chi connectivity index (χ1v) is 5.40. The number of methoxy groups -OCH3 is 1. The molecule has 15 heavy (non-hydrogen) atoms. The zero-order chi connectivity index (χ0) is 11.5. The van der Waals surface area contributed by atoms with Crippen LogP contribution in [0.15, 0.2) is 23.8 Å². The number of carbonyl (C=O) groups is 1. The highest BCUT2D eigenvalue weighted by molar-refractivity contribution is 5.81. The minimum atomic E-state index is -0.268. The molecule has 0 fully saturated rings. The summed E-state index contributed by atoms with van der Waals surface area (Å²) in [5.41, 5.74) is 1.72. The minimum Gasteiger partial charge on any atom is -0.466 e. The van der Waals surface area contributed by atoms with Gasteiger partial charge in [-0.25, -0.2) is 4.79 Å². The Morgan fingerprint density at radius 1 is 1.67 bits per heavy atom. The third-order valence-corrected chi connectivity index (χ3v) is 3.62. The fraction of sp³-hybridized carbons (Fsp3) is 0.615.